The van der Waals surface area contributed by atoms with E-state index in [1.54, 1.807) is 0 Å². The Morgan fingerprint density at radius 3 is 2.73 bits per heavy atom. The third kappa shape index (κ3) is 3.70. The molecule has 0 heterocycles. The minimum Gasteiger partial charge on any atom is -0.303 e. The first-order valence-corrected chi connectivity index (χ1v) is 5.30. The Labute approximate surface area is 91.8 Å². The lowest BCUT2D eigenvalue weighted by Gasteiger charge is -2.07. The molecular weight excluding hydrogens is 184 g/mol. The zero-order valence-electron chi connectivity index (χ0n) is 9.55. The van der Waals surface area contributed by atoms with E-state index in [1.165, 1.54) is 22.3 Å². The van der Waals surface area contributed by atoms with Crippen molar-refractivity contribution in [3.05, 3.63) is 47.0 Å². The number of rotatable bonds is 5. The Hall–Kier alpha value is -1.37. The van der Waals surface area contributed by atoms with Crippen LogP contribution in [0.1, 0.15) is 30.0 Å². The highest BCUT2D eigenvalue weighted by Gasteiger charge is 2.00. The van der Waals surface area contributed by atoms with Gasteiger partial charge >= 0.3 is 0 Å². The average Bonchev–Trinajstić information content (AvgIpc) is 2.15. The number of carbonyl (C=O) groups is 1. The Bertz CT molecular complexity index is 364. The van der Waals surface area contributed by atoms with E-state index in [-0.39, 0.29) is 0 Å². The Kier molecular flexibility index (Phi) is 4.29. The second-order valence-corrected chi connectivity index (χ2v) is 4.10. The van der Waals surface area contributed by atoms with Crippen molar-refractivity contribution in [1.29, 1.82) is 0 Å². The molecule has 0 atom stereocenters. The maximum Gasteiger partial charge on any atom is 0.120 e. The van der Waals surface area contributed by atoms with Crippen LogP contribution in [0.25, 0.3) is 0 Å². The monoisotopic (exact) mass is 202 g/mol. The fourth-order valence-corrected chi connectivity index (χ4v) is 1.71. The van der Waals surface area contributed by atoms with Gasteiger partial charge in [-0.3, -0.25) is 0 Å². The molecule has 0 aromatic heterocycles. The van der Waals surface area contributed by atoms with Gasteiger partial charge in [0.05, 0.1) is 0 Å². The average molecular weight is 202 g/mol. The predicted octanol–water partition coefficient (Wildman–Crippen LogP) is 3.25. The van der Waals surface area contributed by atoms with Crippen LogP contribution >= 0.6 is 0 Å². The van der Waals surface area contributed by atoms with Gasteiger partial charge in [-0.15, -0.1) is 0 Å². The SMILES string of the molecule is C=C(C)Cc1ccc(CCC=O)c(C)c1. The summed E-state index contributed by atoms with van der Waals surface area (Å²) in [5.41, 5.74) is 5.02. The molecule has 0 aliphatic heterocycles. The van der Waals surface area contributed by atoms with Crippen molar-refractivity contribution in [1.82, 2.24) is 0 Å². The second-order valence-electron chi connectivity index (χ2n) is 4.10. The first kappa shape index (κ1) is 11.7. The molecule has 0 saturated heterocycles. The van der Waals surface area contributed by atoms with Crippen LogP contribution in [0.3, 0.4) is 0 Å². The van der Waals surface area contributed by atoms with Gasteiger partial charge in [0.1, 0.15) is 6.29 Å². The molecule has 0 aliphatic rings. The molecule has 1 heteroatoms. The summed E-state index contributed by atoms with van der Waals surface area (Å²) in [6.07, 6.45) is 3.37. The zero-order chi connectivity index (χ0) is 11.3. The van der Waals surface area contributed by atoms with E-state index in [9.17, 15) is 4.79 Å². The maximum atomic E-state index is 10.3. The molecule has 0 unspecified atom stereocenters. The molecule has 80 valence electrons. The van der Waals surface area contributed by atoms with Gasteiger partial charge in [0.2, 0.25) is 0 Å². The highest BCUT2D eigenvalue weighted by Crippen LogP contribution is 2.14. The number of hydrogen-bond donors (Lipinski definition) is 0. The molecule has 0 aliphatic carbocycles. The van der Waals surface area contributed by atoms with E-state index >= 15 is 0 Å². The molecule has 0 saturated carbocycles. The van der Waals surface area contributed by atoms with Crippen LogP contribution in [0, 0.1) is 6.92 Å². The van der Waals surface area contributed by atoms with Crippen molar-refractivity contribution in [2.24, 2.45) is 0 Å². The van der Waals surface area contributed by atoms with E-state index in [0.29, 0.717) is 6.42 Å². The summed E-state index contributed by atoms with van der Waals surface area (Å²) >= 11 is 0. The molecular formula is C14H18O. The molecule has 1 nitrogen and oxygen atoms in total. The molecule has 15 heavy (non-hydrogen) atoms. The first-order chi connectivity index (χ1) is 7.13. The largest absolute Gasteiger partial charge is 0.303 e. The van der Waals surface area contributed by atoms with Gasteiger partial charge in [0, 0.05) is 6.42 Å². The molecule has 1 rings (SSSR count). The van der Waals surface area contributed by atoms with Crippen molar-refractivity contribution in [2.75, 3.05) is 0 Å². The molecule has 1 aromatic rings. The summed E-state index contributed by atoms with van der Waals surface area (Å²) in [7, 11) is 0. The molecule has 0 spiro atoms. The van der Waals surface area contributed by atoms with Crippen molar-refractivity contribution in [2.45, 2.75) is 33.1 Å². The molecule has 0 radical (unpaired) electrons. The summed E-state index contributed by atoms with van der Waals surface area (Å²) in [5.74, 6) is 0. The smallest absolute Gasteiger partial charge is 0.120 e. The van der Waals surface area contributed by atoms with Crippen LogP contribution in [-0.4, -0.2) is 6.29 Å². The van der Waals surface area contributed by atoms with Gasteiger partial charge < -0.3 is 4.79 Å². The van der Waals surface area contributed by atoms with Crippen molar-refractivity contribution in [3.63, 3.8) is 0 Å². The van der Waals surface area contributed by atoms with E-state index in [1.807, 2.05) is 6.92 Å². The van der Waals surface area contributed by atoms with E-state index < -0.39 is 0 Å². The van der Waals surface area contributed by atoms with Crippen LogP contribution < -0.4 is 0 Å². The number of aldehydes is 1. The summed E-state index contributed by atoms with van der Waals surface area (Å²) in [6.45, 7) is 8.04. The topological polar surface area (TPSA) is 17.1 Å². The lowest BCUT2D eigenvalue weighted by atomic mass is 9.99. The van der Waals surface area contributed by atoms with Gasteiger partial charge in [-0.05, 0) is 43.4 Å². The van der Waals surface area contributed by atoms with E-state index in [2.05, 4.69) is 31.7 Å². The Morgan fingerprint density at radius 2 is 2.20 bits per heavy atom. The number of hydrogen-bond acceptors (Lipinski definition) is 1. The third-order valence-corrected chi connectivity index (χ3v) is 2.44. The summed E-state index contributed by atoms with van der Waals surface area (Å²) in [6, 6.07) is 6.44. The molecule has 0 fully saturated rings. The van der Waals surface area contributed by atoms with Crippen LogP contribution in [0.2, 0.25) is 0 Å². The van der Waals surface area contributed by atoms with Crippen LogP contribution in [0.4, 0.5) is 0 Å². The van der Waals surface area contributed by atoms with Gasteiger partial charge in [0.15, 0.2) is 0 Å². The third-order valence-electron chi connectivity index (χ3n) is 2.44. The number of allylic oxidation sites excluding steroid dienone is 1. The quantitative estimate of drug-likeness (QED) is 0.529. The van der Waals surface area contributed by atoms with Gasteiger partial charge in [-0.1, -0.05) is 30.4 Å². The first-order valence-electron chi connectivity index (χ1n) is 5.30. The predicted molar refractivity (Wildman–Crippen MR) is 64.1 cm³/mol. The summed E-state index contributed by atoms with van der Waals surface area (Å²) in [4.78, 5) is 10.3. The van der Waals surface area contributed by atoms with E-state index in [0.717, 1.165) is 19.1 Å². The Balaban J connectivity index is 2.78. The number of carbonyl (C=O) groups excluding carboxylic acids is 1. The number of benzene rings is 1. The maximum absolute atomic E-state index is 10.3. The highest BCUT2D eigenvalue weighted by atomic mass is 16.1. The van der Waals surface area contributed by atoms with Crippen LogP contribution in [-0.2, 0) is 17.6 Å². The summed E-state index contributed by atoms with van der Waals surface area (Å²) < 4.78 is 0. The standard InChI is InChI=1S/C14H18O/c1-11(2)9-13-6-7-14(5-4-8-15)12(3)10-13/h6-8,10H,1,4-5,9H2,2-3H3. The van der Waals surface area contributed by atoms with Crippen molar-refractivity contribution in [3.8, 4) is 0 Å². The molecule has 1 aromatic carbocycles. The fourth-order valence-electron chi connectivity index (χ4n) is 1.71. The number of aryl methyl sites for hydroxylation is 2. The van der Waals surface area contributed by atoms with Gasteiger partial charge in [-0.25, -0.2) is 0 Å². The molecule has 0 bridgehead atoms. The Morgan fingerprint density at radius 1 is 1.47 bits per heavy atom. The zero-order valence-corrected chi connectivity index (χ0v) is 9.55. The van der Waals surface area contributed by atoms with Crippen molar-refractivity contribution >= 4 is 6.29 Å². The molecule has 0 N–H and O–H groups in total. The van der Waals surface area contributed by atoms with Crippen LogP contribution in [0.15, 0.2) is 30.4 Å². The van der Waals surface area contributed by atoms with Crippen LogP contribution in [0.5, 0.6) is 0 Å². The minimum absolute atomic E-state index is 0.612. The molecule has 0 amide bonds. The van der Waals surface area contributed by atoms with Gasteiger partial charge in [0.25, 0.3) is 0 Å². The van der Waals surface area contributed by atoms with Crippen molar-refractivity contribution < 1.29 is 4.79 Å². The lowest BCUT2D eigenvalue weighted by molar-refractivity contribution is -0.107. The van der Waals surface area contributed by atoms with Gasteiger partial charge in [-0.2, -0.15) is 0 Å². The van der Waals surface area contributed by atoms with E-state index in [4.69, 9.17) is 0 Å². The lowest BCUT2D eigenvalue weighted by Crippen LogP contribution is -1.93. The summed E-state index contributed by atoms with van der Waals surface area (Å²) in [5, 5.41) is 0. The minimum atomic E-state index is 0.612. The normalized spacial score (nSPS) is 10.0. The highest BCUT2D eigenvalue weighted by molar-refractivity contribution is 5.50. The fraction of sp³-hybridized carbons (Fsp3) is 0.357. The second kappa shape index (κ2) is 5.50.